The van der Waals surface area contributed by atoms with Crippen LogP contribution in [0.25, 0.3) is 0 Å². The molecule has 0 aliphatic carbocycles. The Bertz CT molecular complexity index is 684. The topological polar surface area (TPSA) is 55.4 Å². The monoisotopic (exact) mass is 309 g/mol. The van der Waals surface area contributed by atoms with Gasteiger partial charge in [0, 0.05) is 12.5 Å². The Labute approximate surface area is 135 Å². The van der Waals surface area contributed by atoms with Gasteiger partial charge in [0.15, 0.2) is 5.78 Å². The number of ketones is 1. The number of hydrogen-bond donors (Lipinski definition) is 1. The third kappa shape index (κ3) is 3.17. The number of benzene rings is 2. The van der Waals surface area contributed by atoms with Crippen molar-refractivity contribution in [2.24, 2.45) is 5.92 Å². The van der Waals surface area contributed by atoms with Crippen LogP contribution in [0, 0.1) is 5.92 Å². The molecule has 4 heteroatoms. The normalized spacial score (nSPS) is 24.2. The molecule has 0 spiro atoms. The van der Waals surface area contributed by atoms with Crippen LogP contribution < -0.4 is 5.32 Å². The number of methoxy groups -OCH3 is 1. The van der Waals surface area contributed by atoms with Crippen LogP contribution in [0.1, 0.15) is 29.6 Å². The molecule has 3 atom stereocenters. The van der Waals surface area contributed by atoms with Crippen LogP contribution in [-0.2, 0) is 14.3 Å². The maximum atomic E-state index is 12.6. The van der Waals surface area contributed by atoms with Crippen LogP contribution in [0.5, 0.6) is 0 Å². The van der Waals surface area contributed by atoms with Crippen LogP contribution in [0.4, 0.5) is 0 Å². The lowest BCUT2D eigenvalue weighted by molar-refractivity contribution is -0.152. The van der Waals surface area contributed by atoms with E-state index in [9.17, 15) is 9.59 Å². The number of rotatable bonds is 3. The molecule has 0 unspecified atom stereocenters. The van der Waals surface area contributed by atoms with Crippen molar-refractivity contribution in [3.8, 4) is 0 Å². The second-order valence-electron chi connectivity index (χ2n) is 5.69. The molecule has 1 heterocycles. The van der Waals surface area contributed by atoms with Gasteiger partial charge in [0.2, 0.25) is 0 Å². The van der Waals surface area contributed by atoms with E-state index < -0.39 is 11.9 Å². The Kier molecular flexibility index (Phi) is 4.53. The van der Waals surface area contributed by atoms with Gasteiger partial charge in [-0.05, 0) is 11.1 Å². The average Bonchev–Trinajstić information content (AvgIpc) is 2.62. The average molecular weight is 309 g/mol. The van der Waals surface area contributed by atoms with E-state index in [1.54, 1.807) is 0 Å². The van der Waals surface area contributed by atoms with Gasteiger partial charge in [-0.1, -0.05) is 60.7 Å². The summed E-state index contributed by atoms with van der Waals surface area (Å²) in [6.45, 7) is 0. The van der Waals surface area contributed by atoms with E-state index in [0.29, 0.717) is 0 Å². The fraction of sp³-hybridized carbons (Fsp3) is 0.263. The highest BCUT2D eigenvalue weighted by atomic mass is 16.5. The summed E-state index contributed by atoms with van der Waals surface area (Å²) in [5.74, 6) is -1.37. The maximum absolute atomic E-state index is 12.6. The smallest absolute Gasteiger partial charge is 0.318 e. The Morgan fingerprint density at radius 1 is 1.00 bits per heavy atom. The molecular weight excluding hydrogens is 290 g/mol. The van der Waals surface area contributed by atoms with Crippen molar-refractivity contribution in [2.75, 3.05) is 7.11 Å². The van der Waals surface area contributed by atoms with Gasteiger partial charge in [-0.3, -0.25) is 9.59 Å². The second-order valence-corrected chi connectivity index (χ2v) is 5.69. The van der Waals surface area contributed by atoms with E-state index >= 15 is 0 Å². The van der Waals surface area contributed by atoms with Crippen molar-refractivity contribution in [1.82, 2.24) is 5.32 Å². The van der Waals surface area contributed by atoms with Crippen LogP contribution >= 0.6 is 0 Å². The number of Topliss-reactive ketones (excluding diaryl/α,β-unsaturated/α-hetero) is 1. The zero-order valence-corrected chi connectivity index (χ0v) is 12.9. The number of piperidine rings is 1. The highest BCUT2D eigenvalue weighted by molar-refractivity contribution is 6.00. The Morgan fingerprint density at radius 3 is 2.13 bits per heavy atom. The molecule has 1 aliphatic heterocycles. The Morgan fingerprint density at radius 2 is 1.57 bits per heavy atom. The van der Waals surface area contributed by atoms with E-state index in [4.69, 9.17) is 4.74 Å². The van der Waals surface area contributed by atoms with Gasteiger partial charge in [-0.25, -0.2) is 0 Å². The zero-order chi connectivity index (χ0) is 16.2. The van der Waals surface area contributed by atoms with Crippen LogP contribution in [0.3, 0.4) is 0 Å². The Balaban J connectivity index is 1.95. The van der Waals surface area contributed by atoms with E-state index in [1.807, 2.05) is 60.7 Å². The van der Waals surface area contributed by atoms with Gasteiger partial charge < -0.3 is 10.1 Å². The summed E-state index contributed by atoms with van der Waals surface area (Å²) in [6, 6.07) is 18.9. The number of hydrogen-bond acceptors (Lipinski definition) is 4. The quantitative estimate of drug-likeness (QED) is 0.700. The van der Waals surface area contributed by atoms with Crippen molar-refractivity contribution < 1.29 is 14.3 Å². The molecule has 0 aromatic heterocycles. The summed E-state index contributed by atoms with van der Waals surface area (Å²) in [4.78, 5) is 24.7. The van der Waals surface area contributed by atoms with E-state index in [1.165, 1.54) is 7.11 Å². The van der Waals surface area contributed by atoms with Crippen molar-refractivity contribution in [1.29, 1.82) is 0 Å². The highest BCUT2D eigenvalue weighted by Crippen LogP contribution is 2.35. The standard InChI is InChI=1S/C19H19NO3/c1-23-19(22)17-16(21)12-15(13-8-4-2-5-9-13)20-18(17)14-10-6-3-7-11-14/h2-11,15,17-18,20H,12H2,1H3/t15-,17-,18-/m1/s1. The lowest BCUT2D eigenvalue weighted by Gasteiger charge is -2.35. The first-order valence-corrected chi connectivity index (χ1v) is 7.67. The molecule has 1 N–H and O–H groups in total. The number of ether oxygens (including phenoxy) is 1. The highest BCUT2D eigenvalue weighted by Gasteiger charge is 2.42. The lowest BCUT2D eigenvalue weighted by Crippen LogP contribution is -2.46. The van der Waals surface area contributed by atoms with Crippen LogP contribution in [0.2, 0.25) is 0 Å². The van der Waals surface area contributed by atoms with E-state index in [-0.39, 0.29) is 24.3 Å². The predicted octanol–water partition coefficient (Wildman–Crippen LogP) is 2.82. The summed E-state index contributed by atoms with van der Waals surface area (Å²) in [7, 11) is 1.32. The molecule has 4 nitrogen and oxygen atoms in total. The van der Waals surface area contributed by atoms with Gasteiger partial charge in [-0.15, -0.1) is 0 Å². The predicted molar refractivity (Wildman–Crippen MR) is 86.6 cm³/mol. The summed E-state index contributed by atoms with van der Waals surface area (Å²) in [5.41, 5.74) is 1.96. The van der Waals surface area contributed by atoms with Crippen molar-refractivity contribution >= 4 is 11.8 Å². The number of carbonyl (C=O) groups excluding carboxylic acids is 2. The lowest BCUT2D eigenvalue weighted by atomic mass is 9.81. The minimum atomic E-state index is -0.803. The number of carbonyl (C=O) groups is 2. The fourth-order valence-electron chi connectivity index (χ4n) is 3.13. The first kappa shape index (κ1) is 15.4. The zero-order valence-electron chi connectivity index (χ0n) is 12.9. The molecule has 0 bridgehead atoms. The van der Waals surface area contributed by atoms with Gasteiger partial charge in [0.1, 0.15) is 5.92 Å². The van der Waals surface area contributed by atoms with Gasteiger partial charge in [0.25, 0.3) is 0 Å². The largest absolute Gasteiger partial charge is 0.468 e. The molecule has 1 aliphatic rings. The van der Waals surface area contributed by atoms with E-state index in [2.05, 4.69) is 5.32 Å². The molecule has 0 radical (unpaired) electrons. The first-order valence-electron chi connectivity index (χ1n) is 7.67. The summed E-state index contributed by atoms with van der Waals surface area (Å²) in [6.07, 6.45) is 0.285. The minimum absolute atomic E-state index is 0.0849. The Hall–Kier alpha value is -2.46. The van der Waals surface area contributed by atoms with Crippen LogP contribution in [-0.4, -0.2) is 18.9 Å². The molecule has 118 valence electrons. The molecular formula is C19H19NO3. The molecule has 2 aromatic carbocycles. The molecule has 1 saturated heterocycles. The van der Waals surface area contributed by atoms with Gasteiger partial charge in [-0.2, -0.15) is 0 Å². The fourth-order valence-corrected chi connectivity index (χ4v) is 3.13. The molecule has 0 amide bonds. The number of esters is 1. The third-order valence-electron chi connectivity index (χ3n) is 4.28. The van der Waals surface area contributed by atoms with Crippen molar-refractivity contribution in [2.45, 2.75) is 18.5 Å². The van der Waals surface area contributed by atoms with Crippen molar-refractivity contribution in [3.05, 3.63) is 71.8 Å². The van der Waals surface area contributed by atoms with Crippen LogP contribution in [0.15, 0.2) is 60.7 Å². The minimum Gasteiger partial charge on any atom is -0.468 e. The van der Waals surface area contributed by atoms with Crippen molar-refractivity contribution in [3.63, 3.8) is 0 Å². The SMILES string of the molecule is COC(=O)[C@@H]1C(=O)C[C@H](c2ccccc2)N[C@@H]1c1ccccc1. The molecule has 2 aromatic rings. The third-order valence-corrected chi connectivity index (χ3v) is 4.28. The summed E-state index contributed by atoms with van der Waals surface area (Å²) in [5, 5.41) is 3.46. The maximum Gasteiger partial charge on any atom is 0.318 e. The molecule has 1 fully saturated rings. The second kappa shape index (κ2) is 6.75. The first-order chi connectivity index (χ1) is 11.2. The van der Waals surface area contributed by atoms with E-state index in [0.717, 1.165) is 11.1 Å². The summed E-state index contributed by atoms with van der Waals surface area (Å²) < 4.78 is 4.85. The van der Waals surface area contributed by atoms with Gasteiger partial charge in [0.05, 0.1) is 13.2 Å². The molecule has 0 saturated carbocycles. The molecule has 3 rings (SSSR count). The molecule has 23 heavy (non-hydrogen) atoms. The number of nitrogens with one attached hydrogen (secondary N) is 1. The summed E-state index contributed by atoms with van der Waals surface area (Å²) >= 11 is 0. The van der Waals surface area contributed by atoms with Gasteiger partial charge >= 0.3 is 5.97 Å².